The van der Waals surface area contributed by atoms with Gasteiger partial charge in [-0.25, -0.2) is 4.79 Å². The van der Waals surface area contributed by atoms with Crippen molar-refractivity contribution in [2.45, 2.75) is 51.2 Å². The first kappa shape index (κ1) is 19.5. The standard InChI is InChI=1S/C18H36N4O2/c1-4-15-6-5-7-16(12-15)19-18(24)21(3)13-17(23)14-22-10-8-20(2)9-11-22/h15-17,23H,4-14H2,1-3H3,(H,19,24). The Morgan fingerprint density at radius 3 is 2.67 bits per heavy atom. The van der Waals surface area contributed by atoms with E-state index in [1.54, 1.807) is 11.9 Å². The Bertz CT molecular complexity index is 385. The molecule has 0 spiro atoms. The first-order valence-corrected chi connectivity index (χ1v) is 9.58. The van der Waals surface area contributed by atoms with Gasteiger partial charge in [0.15, 0.2) is 0 Å². The SMILES string of the molecule is CCC1CCCC(NC(=O)N(C)CC(O)CN2CCN(C)CC2)C1. The summed E-state index contributed by atoms with van der Waals surface area (Å²) >= 11 is 0. The zero-order valence-electron chi connectivity index (χ0n) is 15.7. The van der Waals surface area contributed by atoms with Crippen molar-refractivity contribution in [3.8, 4) is 0 Å². The summed E-state index contributed by atoms with van der Waals surface area (Å²) in [4.78, 5) is 18.6. The first-order chi connectivity index (χ1) is 11.5. The van der Waals surface area contributed by atoms with Crippen LogP contribution < -0.4 is 5.32 Å². The average molecular weight is 341 g/mol. The van der Waals surface area contributed by atoms with Crippen molar-refractivity contribution >= 4 is 6.03 Å². The van der Waals surface area contributed by atoms with Gasteiger partial charge in [-0.1, -0.05) is 26.2 Å². The van der Waals surface area contributed by atoms with Crippen LogP contribution in [0.25, 0.3) is 0 Å². The predicted octanol–water partition coefficient (Wildman–Crippen LogP) is 1.20. The highest BCUT2D eigenvalue weighted by atomic mass is 16.3. The zero-order valence-corrected chi connectivity index (χ0v) is 15.7. The maximum absolute atomic E-state index is 12.4. The van der Waals surface area contributed by atoms with E-state index in [1.807, 2.05) is 0 Å². The number of nitrogens with one attached hydrogen (secondary N) is 1. The van der Waals surface area contributed by atoms with Gasteiger partial charge in [0.25, 0.3) is 0 Å². The average Bonchev–Trinajstić information content (AvgIpc) is 2.57. The van der Waals surface area contributed by atoms with Gasteiger partial charge >= 0.3 is 6.03 Å². The van der Waals surface area contributed by atoms with Crippen LogP contribution in [0.1, 0.15) is 39.0 Å². The smallest absolute Gasteiger partial charge is 0.317 e. The summed E-state index contributed by atoms with van der Waals surface area (Å²) in [7, 11) is 3.91. The molecule has 140 valence electrons. The van der Waals surface area contributed by atoms with Gasteiger partial charge < -0.3 is 20.2 Å². The van der Waals surface area contributed by atoms with E-state index in [9.17, 15) is 9.90 Å². The third kappa shape index (κ3) is 6.22. The number of likely N-dealkylation sites (N-methyl/N-ethyl adjacent to an activating group) is 2. The van der Waals surface area contributed by atoms with E-state index in [-0.39, 0.29) is 6.03 Å². The van der Waals surface area contributed by atoms with Crippen LogP contribution in [0.2, 0.25) is 0 Å². The monoisotopic (exact) mass is 340 g/mol. The van der Waals surface area contributed by atoms with Gasteiger partial charge in [-0.3, -0.25) is 4.90 Å². The largest absolute Gasteiger partial charge is 0.390 e. The van der Waals surface area contributed by atoms with Gasteiger partial charge in [0.05, 0.1) is 6.10 Å². The highest BCUT2D eigenvalue weighted by Crippen LogP contribution is 2.26. The Morgan fingerprint density at radius 1 is 1.29 bits per heavy atom. The molecule has 24 heavy (non-hydrogen) atoms. The van der Waals surface area contributed by atoms with E-state index in [2.05, 4.69) is 29.1 Å². The number of piperazine rings is 1. The van der Waals surface area contributed by atoms with Crippen LogP contribution in [0.15, 0.2) is 0 Å². The molecular formula is C18H36N4O2. The van der Waals surface area contributed by atoms with Crippen molar-refractivity contribution in [2.75, 3.05) is 53.4 Å². The van der Waals surface area contributed by atoms with E-state index in [1.165, 1.54) is 19.3 Å². The minimum atomic E-state index is -0.487. The molecule has 6 nitrogen and oxygen atoms in total. The minimum absolute atomic E-state index is 0.0471. The molecule has 1 aliphatic carbocycles. The Labute approximate surface area is 147 Å². The summed E-state index contributed by atoms with van der Waals surface area (Å²) in [6, 6.07) is 0.252. The van der Waals surface area contributed by atoms with Gasteiger partial charge in [0.1, 0.15) is 0 Å². The van der Waals surface area contributed by atoms with Crippen molar-refractivity contribution in [3.05, 3.63) is 0 Å². The molecule has 0 aromatic rings. The molecule has 0 aromatic heterocycles. The fraction of sp³-hybridized carbons (Fsp3) is 0.944. The van der Waals surface area contributed by atoms with Crippen LogP contribution in [-0.2, 0) is 0 Å². The molecule has 3 atom stereocenters. The molecular weight excluding hydrogens is 304 g/mol. The quantitative estimate of drug-likeness (QED) is 0.763. The zero-order chi connectivity index (χ0) is 17.5. The number of carbonyl (C=O) groups is 1. The molecule has 2 rings (SSSR count). The van der Waals surface area contributed by atoms with Crippen LogP contribution in [0, 0.1) is 5.92 Å². The molecule has 2 N–H and O–H groups in total. The number of aliphatic hydroxyl groups excluding tert-OH is 1. The minimum Gasteiger partial charge on any atom is -0.390 e. The fourth-order valence-electron chi connectivity index (χ4n) is 3.86. The predicted molar refractivity (Wildman–Crippen MR) is 97.1 cm³/mol. The molecule has 0 aromatic carbocycles. The summed E-state index contributed by atoms with van der Waals surface area (Å²) in [5.41, 5.74) is 0. The van der Waals surface area contributed by atoms with Crippen molar-refractivity contribution in [1.82, 2.24) is 20.0 Å². The van der Waals surface area contributed by atoms with Crippen molar-refractivity contribution in [3.63, 3.8) is 0 Å². The number of hydrogen-bond donors (Lipinski definition) is 2. The Morgan fingerprint density at radius 2 is 2.00 bits per heavy atom. The van der Waals surface area contributed by atoms with Crippen molar-refractivity contribution < 1.29 is 9.90 Å². The van der Waals surface area contributed by atoms with E-state index in [4.69, 9.17) is 0 Å². The van der Waals surface area contributed by atoms with Crippen LogP contribution in [0.5, 0.6) is 0 Å². The summed E-state index contributed by atoms with van der Waals surface area (Å²) < 4.78 is 0. The van der Waals surface area contributed by atoms with Crippen LogP contribution in [-0.4, -0.2) is 91.3 Å². The Balaban J connectivity index is 1.68. The number of β-amino-alcohol motifs (C(OH)–C–C–N with tert-alkyl or cyclic N) is 1. The molecule has 1 heterocycles. The number of nitrogens with zero attached hydrogens (tertiary/aromatic N) is 3. The Hall–Kier alpha value is -0.850. The van der Waals surface area contributed by atoms with Crippen LogP contribution in [0.3, 0.4) is 0 Å². The first-order valence-electron chi connectivity index (χ1n) is 9.58. The highest BCUT2D eigenvalue weighted by molar-refractivity contribution is 5.74. The van der Waals surface area contributed by atoms with Crippen LogP contribution in [0.4, 0.5) is 4.79 Å². The molecule has 6 heteroatoms. The molecule has 0 bridgehead atoms. The number of amides is 2. The number of carbonyl (C=O) groups excluding carboxylic acids is 1. The molecule has 1 saturated heterocycles. The van der Waals surface area contributed by atoms with Crippen molar-refractivity contribution in [2.24, 2.45) is 5.92 Å². The normalized spacial score (nSPS) is 27.7. The van der Waals surface area contributed by atoms with E-state index in [0.29, 0.717) is 19.1 Å². The van der Waals surface area contributed by atoms with E-state index in [0.717, 1.165) is 44.9 Å². The second-order valence-electron chi connectivity index (χ2n) is 7.73. The fourth-order valence-corrected chi connectivity index (χ4v) is 3.86. The maximum atomic E-state index is 12.4. The molecule has 0 radical (unpaired) electrons. The summed E-state index contributed by atoms with van der Waals surface area (Å²) in [6.45, 7) is 7.34. The van der Waals surface area contributed by atoms with Gasteiger partial charge in [-0.2, -0.15) is 0 Å². The molecule has 1 saturated carbocycles. The molecule has 3 unspecified atom stereocenters. The second kappa shape index (κ2) is 9.59. The lowest BCUT2D eigenvalue weighted by atomic mass is 9.84. The molecule has 2 aliphatic rings. The van der Waals surface area contributed by atoms with Gasteiger partial charge in [-0.05, 0) is 25.8 Å². The van der Waals surface area contributed by atoms with Gasteiger partial charge in [-0.15, -0.1) is 0 Å². The Kier molecular flexibility index (Phi) is 7.78. The number of urea groups is 1. The lowest BCUT2D eigenvalue weighted by molar-refractivity contribution is 0.0652. The summed E-state index contributed by atoms with van der Waals surface area (Å²) in [5, 5.41) is 13.4. The molecule has 1 aliphatic heterocycles. The molecule has 2 fully saturated rings. The third-order valence-electron chi connectivity index (χ3n) is 5.58. The summed E-state index contributed by atoms with van der Waals surface area (Å²) in [6.07, 6.45) is 5.40. The number of hydrogen-bond acceptors (Lipinski definition) is 4. The number of rotatable bonds is 6. The topological polar surface area (TPSA) is 59.1 Å². The van der Waals surface area contributed by atoms with Gasteiger partial charge in [0.2, 0.25) is 0 Å². The maximum Gasteiger partial charge on any atom is 0.317 e. The van der Waals surface area contributed by atoms with Crippen molar-refractivity contribution in [1.29, 1.82) is 0 Å². The van der Waals surface area contributed by atoms with Crippen LogP contribution >= 0.6 is 0 Å². The lowest BCUT2D eigenvalue weighted by Crippen LogP contribution is -2.51. The van der Waals surface area contributed by atoms with Gasteiger partial charge in [0, 0.05) is 52.4 Å². The highest BCUT2D eigenvalue weighted by Gasteiger charge is 2.24. The number of aliphatic hydroxyl groups is 1. The molecule has 2 amide bonds. The third-order valence-corrected chi connectivity index (χ3v) is 5.58. The second-order valence-corrected chi connectivity index (χ2v) is 7.73. The summed E-state index contributed by atoms with van der Waals surface area (Å²) in [5.74, 6) is 0.747. The van der Waals surface area contributed by atoms with E-state index >= 15 is 0 Å². The lowest BCUT2D eigenvalue weighted by Gasteiger charge is -2.34. The van der Waals surface area contributed by atoms with E-state index < -0.39 is 6.10 Å².